The molecule has 1 aliphatic rings. The molecule has 1 atom stereocenters. The molecule has 0 fully saturated rings. The van der Waals surface area contributed by atoms with Crippen LogP contribution in [0.1, 0.15) is 45.6 Å². The normalized spacial score (nSPS) is 16.0. The number of anilines is 1. The third kappa shape index (κ3) is 5.92. The third-order valence-electron chi connectivity index (χ3n) is 5.08. The maximum Gasteiger partial charge on any atom is 0.286 e. The number of amides is 1. The number of carbonyl (C=O) groups is 1. The molecule has 1 heterocycles. The molecule has 0 bridgehead atoms. The number of hydrogen-bond acceptors (Lipinski definition) is 4. The summed E-state index contributed by atoms with van der Waals surface area (Å²) in [6.07, 6.45) is 2.40. The van der Waals surface area contributed by atoms with E-state index in [0.29, 0.717) is 17.9 Å². The number of amidine groups is 1. The number of nitrogens with one attached hydrogen (secondary N) is 2. The molecule has 7 heteroatoms. The SMILES string of the molecule is CC(CCc1ccccc1)NC(=O)CC(C)(C)CC1=NS(=O)(=O)c2ccccc2N1. The molecule has 2 aromatic carbocycles. The van der Waals surface area contributed by atoms with E-state index < -0.39 is 15.4 Å². The summed E-state index contributed by atoms with van der Waals surface area (Å²) in [5.41, 5.74) is 1.33. The first-order valence-electron chi connectivity index (χ1n) is 10.2. The van der Waals surface area contributed by atoms with Crippen molar-refractivity contribution in [1.29, 1.82) is 0 Å². The molecule has 1 amide bonds. The Morgan fingerprint density at radius 3 is 2.50 bits per heavy atom. The number of carbonyl (C=O) groups excluding carboxylic acids is 1. The van der Waals surface area contributed by atoms with Crippen LogP contribution < -0.4 is 10.6 Å². The zero-order valence-electron chi connectivity index (χ0n) is 17.7. The number of para-hydroxylation sites is 1. The average Bonchev–Trinajstić information content (AvgIpc) is 2.65. The second-order valence-corrected chi connectivity index (χ2v) is 10.2. The number of fused-ring (bicyclic) bond motifs is 1. The summed E-state index contributed by atoms with van der Waals surface area (Å²) in [6, 6.07) is 17.0. The summed E-state index contributed by atoms with van der Waals surface area (Å²) in [6.45, 7) is 5.89. The van der Waals surface area contributed by atoms with E-state index in [-0.39, 0.29) is 23.3 Å². The van der Waals surface area contributed by atoms with Crippen LogP contribution >= 0.6 is 0 Å². The van der Waals surface area contributed by atoms with Gasteiger partial charge in [0.1, 0.15) is 10.7 Å². The van der Waals surface area contributed by atoms with Crippen LogP contribution in [0.15, 0.2) is 63.9 Å². The van der Waals surface area contributed by atoms with Gasteiger partial charge in [-0.25, -0.2) is 0 Å². The lowest BCUT2D eigenvalue weighted by molar-refractivity contribution is -0.123. The lowest BCUT2D eigenvalue weighted by Crippen LogP contribution is -2.37. The maximum absolute atomic E-state index is 12.6. The van der Waals surface area contributed by atoms with Crippen molar-refractivity contribution in [2.24, 2.45) is 9.81 Å². The molecule has 0 saturated carbocycles. The summed E-state index contributed by atoms with van der Waals surface area (Å²) >= 11 is 0. The van der Waals surface area contributed by atoms with Crippen molar-refractivity contribution in [2.75, 3.05) is 5.32 Å². The smallest absolute Gasteiger partial charge is 0.286 e. The van der Waals surface area contributed by atoms with Crippen LogP contribution in [0, 0.1) is 5.41 Å². The van der Waals surface area contributed by atoms with E-state index in [4.69, 9.17) is 0 Å². The Morgan fingerprint density at radius 2 is 1.77 bits per heavy atom. The summed E-state index contributed by atoms with van der Waals surface area (Å²) in [7, 11) is -3.72. The van der Waals surface area contributed by atoms with Gasteiger partial charge in [0, 0.05) is 18.9 Å². The fraction of sp³-hybridized carbons (Fsp3) is 0.391. The van der Waals surface area contributed by atoms with Crippen molar-refractivity contribution >= 4 is 27.5 Å². The van der Waals surface area contributed by atoms with Crippen LogP contribution in [0.5, 0.6) is 0 Å². The lowest BCUT2D eigenvalue weighted by Gasteiger charge is -2.27. The minimum Gasteiger partial charge on any atom is -0.354 e. The fourth-order valence-electron chi connectivity index (χ4n) is 3.62. The molecule has 30 heavy (non-hydrogen) atoms. The number of rotatable bonds is 8. The Hall–Kier alpha value is -2.67. The molecule has 3 rings (SSSR count). The summed E-state index contributed by atoms with van der Waals surface area (Å²) in [5.74, 6) is 0.323. The standard InChI is InChI=1S/C23H29N3O3S/c1-17(13-14-18-9-5-4-6-10-18)24-22(27)16-23(2,3)15-21-25-19-11-7-8-12-20(19)30(28,29)26-21/h4-12,17H,13-16H2,1-3H3,(H,24,27)(H,25,26). The highest BCUT2D eigenvalue weighted by atomic mass is 32.2. The van der Waals surface area contributed by atoms with Gasteiger partial charge >= 0.3 is 0 Å². The van der Waals surface area contributed by atoms with E-state index in [2.05, 4.69) is 27.2 Å². The molecule has 1 unspecified atom stereocenters. The largest absolute Gasteiger partial charge is 0.354 e. The highest BCUT2D eigenvalue weighted by Gasteiger charge is 2.30. The van der Waals surface area contributed by atoms with Gasteiger partial charge in [0.05, 0.1) is 5.69 Å². The van der Waals surface area contributed by atoms with Crippen molar-refractivity contribution in [1.82, 2.24) is 5.32 Å². The predicted molar refractivity (Wildman–Crippen MR) is 120 cm³/mol. The van der Waals surface area contributed by atoms with Crippen molar-refractivity contribution in [2.45, 2.75) is 57.4 Å². The van der Waals surface area contributed by atoms with Crippen molar-refractivity contribution in [3.05, 3.63) is 60.2 Å². The number of benzene rings is 2. The van der Waals surface area contributed by atoms with Gasteiger partial charge in [-0.05, 0) is 42.9 Å². The molecular weight excluding hydrogens is 398 g/mol. The summed E-state index contributed by atoms with van der Waals surface area (Å²) in [4.78, 5) is 12.7. The molecule has 160 valence electrons. The molecule has 2 N–H and O–H groups in total. The molecule has 0 radical (unpaired) electrons. The highest BCUT2D eigenvalue weighted by molar-refractivity contribution is 7.90. The van der Waals surface area contributed by atoms with Crippen molar-refractivity contribution in [3.8, 4) is 0 Å². The first-order valence-corrected chi connectivity index (χ1v) is 11.6. The molecule has 0 saturated heterocycles. The maximum atomic E-state index is 12.6. The van der Waals surface area contributed by atoms with Gasteiger partial charge in [-0.15, -0.1) is 4.40 Å². The van der Waals surface area contributed by atoms with Crippen LogP contribution in [0.3, 0.4) is 0 Å². The van der Waals surface area contributed by atoms with Gasteiger partial charge in [0.2, 0.25) is 5.91 Å². The van der Waals surface area contributed by atoms with Crippen LogP contribution in [0.2, 0.25) is 0 Å². The molecule has 0 aliphatic carbocycles. The van der Waals surface area contributed by atoms with E-state index in [9.17, 15) is 13.2 Å². The van der Waals surface area contributed by atoms with E-state index in [1.54, 1.807) is 18.2 Å². The minimum absolute atomic E-state index is 0.0415. The predicted octanol–water partition coefficient (Wildman–Crippen LogP) is 4.14. The molecule has 6 nitrogen and oxygen atoms in total. The topological polar surface area (TPSA) is 87.6 Å². The molecule has 2 aromatic rings. The average molecular weight is 428 g/mol. The van der Waals surface area contributed by atoms with Crippen molar-refractivity contribution < 1.29 is 13.2 Å². The van der Waals surface area contributed by atoms with Crippen LogP contribution in [0.4, 0.5) is 5.69 Å². The fourth-order valence-corrected chi connectivity index (χ4v) is 4.77. The van der Waals surface area contributed by atoms with Crippen LogP contribution in [-0.2, 0) is 21.2 Å². The zero-order chi connectivity index (χ0) is 21.8. The summed E-state index contributed by atoms with van der Waals surface area (Å²) in [5, 5.41) is 6.16. The molecule has 0 aromatic heterocycles. The Labute approximate surface area is 178 Å². The van der Waals surface area contributed by atoms with E-state index in [1.807, 2.05) is 39.0 Å². The van der Waals surface area contributed by atoms with Crippen LogP contribution in [0.25, 0.3) is 0 Å². The van der Waals surface area contributed by atoms with Crippen molar-refractivity contribution in [3.63, 3.8) is 0 Å². The molecule has 0 spiro atoms. The summed E-state index contributed by atoms with van der Waals surface area (Å²) < 4.78 is 28.8. The zero-order valence-corrected chi connectivity index (χ0v) is 18.5. The Balaban J connectivity index is 1.54. The van der Waals surface area contributed by atoms with Gasteiger partial charge < -0.3 is 10.6 Å². The van der Waals surface area contributed by atoms with Crippen LogP contribution in [-0.4, -0.2) is 26.2 Å². The third-order valence-corrected chi connectivity index (χ3v) is 6.45. The first kappa shape index (κ1) is 22.0. The number of hydrogen-bond donors (Lipinski definition) is 2. The monoisotopic (exact) mass is 427 g/mol. The Morgan fingerprint density at radius 1 is 1.10 bits per heavy atom. The van der Waals surface area contributed by atoms with Gasteiger partial charge in [-0.2, -0.15) is 8.42 Å². The number of sulfonamides is 1. The molecule has 1 aliphatic heterocycles. The highest BCUT2D eigenvalue weighted by Crippen LogP contribution is 2.32. The minimum atomic E-state index is -3.72. The Bertz CT molecular complexity index is 1030. The Kier molecular flexibility index (Phi) is 6.61. The van der Waals surface area contributed by atoms with E-state index in [0.717, 1.165) is 12.8 Å². The quantitative estimate of drug-likeness (QED) is 0.663. The number of nitrogens with zero attached hydrogens (tertiary/aromatic N) is 1. The second-order valence-electron chi connectivity index (χ2n) is 8.64. The first-order chi connectivity index (χ1) is 14.1. The lowest BCUT2D eigenvalue weighted by atomic mass is 9.84. The van der Waals surface area contributed by atoms with Gasteiger partial charge in [0.25, 0.3) is 10.0 Å². The number of aryl methyl sites for hydroxylation is 1. The van der Waals surface area contributed by atoms with E-state index in [1.165, 1.54) is 11.6 Å². The van der Waals surface area contributed by atoms with E-state index >= 15 is 0 Å². The van der Waals surface area contributed by atoms with Gasteiger partial charge in [-0.3, -0.25) is 4.79 Å². The van der Waals surface area contributed by atoms with Gasteiger partial charge in [0.15, 0.2) is 0 Å². The van der Waals surface area contributed by atoms with Gasteiger partial charge in [-0.1, -0.05) is 56.3 Å². The second kappa shape index (κ2) is 9.00. The molecular formula is C23H29N3O3S.